The van der Waals surface area contributed by atoms with Gasteiger partial charge in [0.1, 0.15) is 16.5 Å². The third-order valence-electron chi connectivity index (χ3n) is 4.72. The van der Waals surface area contributed by atoms with Gasteiger partial charge >= 0.3 is 6.18 Å². The predicted molar refractivity (Wildman–Crippen MR) is 114 cm³/mol. The number of nitrogens with one attached hydrogen (secondary N) is 1. The molecule has 33 heavy (non-hydrogen) atoms. The molecule has 1 aromatic carbocycles. The number of fused-ring (bicyclic) bond motifs is 1. The summed E-state index contributed by atoms with van der Waals surface area (Å²) in [5.74, 6) is -1.09. The second-order valence-corrected chi connectivity index (χ2v) is 7.26. The van der Waals surface area contributed by atoms with E-state index in [9.17, 15) is 22.8 Å². The molecule has 4 aromatic rings. The van der Waals surface area contributed by atoms with Gasteiger partial charge in [0.15, 0.2) is 5.65 Å². The second-order valence-electron chi connectivity index (χ2n) is 6.88. The first-order valence-electron chi connectivity index (χ1n) is 9.35. The zero-order chi connectivity index (χ0) is 23.8. The van der Waals surface area contributed by atoms with Gasteiger partial charge < -0.3 is 10.2 Å². The SMILES string of the molecule is CN(C(=O)c1cn2c(C(=O)Nc3ccc(C(F)(F)F)cc3)cnc2cn1)c1ccc(Cl)nc1. The predicted octanol–water partition coefficient (Wildman–Crippen LogP) is 4.33. The van der Waals surface area contributed by atoms with Crippen LogP contribution in [0, 0.1) is 0 Å². The fourth-order valence-electron chi connectivity index (χ4n) is 2.96. The summed E-state index contributed by atoms with van der Waals surface area (Å²) in [5, 5.41) is 2.79. The number of benzene rings is 1. The van der Waals surface area contributed by atoms with Crippen molar-refractivity contribution in [3.8, 4) is 0 Å². The Bertz CT molecular complexity index is 1340. The van der Waals surface area contributed by atoms with E-state index >= 15 is 0 Å². The fraction of sp³-hybridized carbons (Fsp3) is 0.0952. The molecule has 1 N–H and O–H groups in total. The number of nitrogens with zero attached hydrogens (tertiary/aromatic N) is 5. The van der Waals surface area contributed by atoms with Crippen LogP contribution < -0.4 is 10.2 Å². The molecule has 0 saturated carbocycles. The average molecular weight is 475 g/mol. The van der Waals surface area contributed by atoms with E-state index in [1.54, 1.807) is 6.07 Å². The first-order valence-corrected chi connectivity index (χ1v) is 9.72. The molecule has 4 rings (SSSR count). The normalized spacial score (nSPS) is 11.4. The Kier molecular flexibility index (Phi) is 5.73. The molecule has 3 heterocycles. The van der Waals surface area contributed by atoms with Gasteiger partial charge in [-0.3, -0.25) is 14.0 Å². The molecular weight excluding hydrogens is 461 g/mol. The summed E-state index contributed by atoms with van der Waals surface area (Å²) in [6, 6.07) is 7.19. The molecule has 0 aliphatic rings. The minimum atomic E-state index is -4.48. The van der Waals surface area contributed by atoms with Crippen molar-refractivity contribution in [1.29, 1.82) is 0 Å². The van der Waals surface area contributed by atoms with Gasteiger partial charge in [0.05, 0.1) is 29.8 Å². The summed E-state index contributed by atoms with van der Waals surface area (Å²) >= 11 is 5.77. The van der Waals surface area contributed by atoms with E-state index in [-0.39, 0.29) is 22.2 Å². The van der Waals surface area contributed by atoms with Gasteiger partial charge in [0, 0.05) is 18.9 Å². The quantitative estimate of drug-likeness (QED) is 0.445. The third kappa shape index (κ3) is 4.62. The third-order valence-corrected chi connectivity index (χ3v) is 4.95. The number of hydrogen-bond donors (Lipinski definition) is 1. The van der Waals surface area contributed by atoms with E-state index < -0.39 is 23.6 Å². The van der Waals surface area contributed by atoms with Crippen molar-refractivity contribution in [3.63, 3.8) is 0 Å². The molecule has 0 unspecified atom stereocenters. The number of carbonyl (C=O) groups is 2. The van der Waals surface area contributed by atoms with E-state index in [0.29, 0.717) is 11.3 Å². The molecule has 0 atom stereocenters. The van der Waals surface area contributed by atoms with Gasteiger partial charge in [-0.2, -0.15) is 13.2 Å². The molecule has 0 aliphatic heterocycles. The Morgan fingerprint density at radius 3 is 2.36 bits per heavy atom. The maximum atomic E-state index is 12.9. The van der Waals surface area contributed by atoms with Gasteiger partial charge in [0.2, 0.25) is 0 Å². The van der Waals surface area contributed by atoms with Crippen LogP contribution in [-0.4, -0.2) is 38.2 Å². The molecule has 0 fully saturated rings. The minimum Gasteiger partial charge on any atom is -0.321 e. The number of hydrogen-bond acceptors (Lipinski definition) is 5. The second kappa shape index (κ2) is 8.51. The van der Waals surface area contributed by atoms with Gasteiger partial charge in [-0.05, 0) is 36.4 Å². The van der Waals surface area contributed by atoms with Crippen molar-refractivity contribution in [3.05, 3.63) is 83.3 Å². The number of carbonyl (C=O) groups excluding carboxylic acids is 2. The summed E-state index contributed by atoms with van der Waals surface area (Å²) in [7, 11) is 1.53. The van der Waals surface area contributed by atoms with Crippen LogP contribution in [-0.2, 0) is 6.18 Å². The smallest absolute Gasteiger partial charge is 0.321 e. The summed E-state index contributed by atoms with van der Waals surface area (Å²) in [5.41, 5.74) is 0.226. The van der Waals surface area contributed by atoms with Crippen LogP contribution in [0.4, 0.5) is 24.5 Å². The van der Waals surface area contributed by atoms with Crippen LogP contribution in [0.25, 0.3) is 5.65 Å². The molecule has 0 radical (unpaired) electrons. The molecular formula is C21H14ClF3N6O2. The van der Waals surface area contributed by atoms with Gasteiger partial charge in [0.25, 0.3) is 11.8 Å². The fourth-order valence-corrected chi connectivity index (χ4v) is 3.07. The lowest BCUT2D eigenvalue weighted by molar-refractivity contribution is -0.137. The number of alkyl halides is 3. The summed E-state index contributed by atoms with van der Waals surface area (Å²) in [6.07, 6.45) is 0.911. The monoisotopic (exact) mass is 474 g/mol. The lowest BCUT2D eigenvalue weighted by atomic mass is 10.2. The molecule has 0 aliphatic carbocycles. The number of anilines is 2. The number of imidazole rings is 1. The Hall–Kier alpha value is -3.99. The number of aromatic nitrogens is 4. The Balaban J connectivity index is 1.58. The van der Waals surface area contributed by atoms with Crippen molar-refractivity contribution in [2.75, 3.05) is 17.3 Å². The number of amides is 2. The van der Waals surface area contributed by atoms with Gasteiger partial charge in [-0.15, -0.1) is 0 Å². The van der Waals surface area contributed by atoms with E-state index in [1.807, 2.05) is 0 Å². The van der Waals surface area contributed by atoms with E-state index in [1.165, 1.54) is 47.2 Å². The number of rotatable bonds is 4. The van der Waals surface area contributed by atoms with Crippen molar-refractivity contribution >= 4 is 40.4 Å². The maximum absolute atomic E-state index is 12.9. The van der Waals surface area contributed by atoms with Crippen molar-refractivity contribution < 1.29 is 22.8 Å². The van der Waals surface area contributed by atoms with E-state index in [0.717, 1.165) is 24.3 Å². The standard InChI is InChI=1S/C21H14ClF3N6O2/c1-30(14-6-7-17(22)27-8-14)20(33)15-11-31-16(9-28-18(31)10-26-15)19(32)29-13-4-2-12(3-5-13)21(23,24)25/h2-11H,1H3,(H,29,32). The highest BCUT2D eigenvalue weighted by Crippen LogP contribution is 2.30. The summed E-state index contributed by atoms with van der Waals surface area (Å²) in [6.45, 7) is 0. The minimum absolute atomic E-state index is 0.0292. The average Bonchev–Trinajstić information content (AvgIpc) is 3.22. The summed E-state index contributed by atoms with van der Waals surface area (Å²) < 4.78 is 39.5. The molecule has 3 aromatic heterocycles. The van der Waals surface area contributed by atoms with Crippen molar-refractivity contribution in [2.45, 2.75) is 6.18 Å². The zero-order valence-electron chi connectivity index (χ0n) is 16.8. The van der Waals surface area contributed by atoms with Gasteiger partial charge in [-0.25, -0.2) is 15.0 Å². The van der Waals surface area contributed by atoms with E-state index in [2.05, 4.69) is 20.3 Å². The van der Waals surface area contributed by atoms with Gasteiger partial charge in [-0.1, -0.05) is 11.6 Å². The van der Waals surface area contributed by atoms with Crippen molar-refractivity contribution in [2.24, 2.45) is 0 Å². The highest BCUT2D eigenvalue weighted by Gasteiger charge is 2.30. The molecule has 8 nitrogen and oxygen atoms in total. The summed E-state index contributed by atoms with van der Waals surface area (Å²) in [4.78, 5) is 39.0. The lowest BCUT2D eigenvalue weighted by Crippen LogP contribution is -2.27. The lowest BCUT2D eigenvalue weighted by Gasteiger charge is -2.16. The maximum Gasteiger partial charge on any atom is 0.416 e. The first kappa shape index (κ1) is 22.2. The molecule has 0 saturated heterocycles. The molecule has 168 valence electrons. The Morgan fingerprint density at radius 2 is 1.73 bits per heavy atom. The van der Waals surface area contributed by atoms with Crippen LogP contribution in [0.5, 0.6) is 0 Å². The Morgan fingerprint density at radius 1 is 1.00 bits per heavy atom. The van der Waals surface area contributed by atoms with Crippen molar-refractivity contribution in [1.82, 2.24) is 19.4 Å². The van der Waals surface area contributed by atoms with Crippen LogP contribution in [0.2, 0.25) is 5.15 Å². The van der Waals surface area contributed by atoms with Crippen LogP contribution in [0.3, 0.4) is 0 Å². The topological polar surface area (TPSA) is 92.5 Å². The Labute approximate surface area is 189 Å². The largest absolute Gasteiger partial charge is 0.416 e. The van der Waals surface area contributed by atoms with Crippen LogP contribution >= 0.6 is 11.6 Å². The number of halogens is 4. The van der Waals surface area contributed by atoms with Crippen LogP contribution in [0.15, 0.2) is 61.2 Å². The van der Waals surface area contributed by atoms with E-state index in [4.69, 9.17) is 11.6 Å². The number of pyridine rings is 1. The molecule has 2 amide bonds. The highest BCUT2D eigenvalue weighted by molar-refractivity contribution is 6.29. The first-order chi connectivity index (χ1) is 15.6. The van der Waals surface area contributed by atoms with Crippen LogP contribution in [0.1, 0.15) is 26.5 Å². The zero-order valence-corrected chi connectivity index (χ0v) is 17.6. The molecule has 0 spiro atoms. The highest BCUT2D eigenvalue weighted by atomic mass is 35.5. The molecule has 0 bridgehead atoms. The molecule has 12 heteroatoms.